The van der Waals surface area contributed by atoms with E-state index in [1.54, 1.807) is 11.3 Å². The molecule has 2 heterocycles. The fourth-order valence-electron chi connectivity index (χ4n) is 4.05. The summed E-state index contributed by atoms with van der Waals surface area (Å²) in [6, 6.07) is 0.483. The van der Waals surface area contributed by atoms with E-state index < -0.39 is 0 Å². The molecule has 1 atom stereocenters. The lowest BCUT2D eigenvalue weighted by Gasteiger charge is -2.34. The highest BCUT2D eigenvalue weighted by Gasteiger charge is 2.36. The molecule has 1 amide bonds. The van der Waals surface area contributed by atoms with Crippen molar-refractivity contribution >= 4 is 17.2 Å². The van der Waals surface area contributed by atoms with Gasteiger partial charge in [0.1, 0.15) is 4.88 Å². The van der Waals surface area contributed by atoms with Gasteiger partial charge in [-0.2, -0.15) is 0 Å². The molecule has 1 aliphatic heterocycles. The van der Waals surface area contributed by atoms with Crippen molar-refractivity contribution in [2.45, 2.75) is 77.7 Å². The lowest BCUT2D eigenvalue weighted by Crippen LogP contribution is -2.40. The van der Waals surface area contributed by atoms with Crippen LogP contribution in [0.4, 0.5) is 0 Å². The second-order valence-corrected chi connectivity index (χ2v) is 8.26. The predicted octanol–water partition coefficient (Wildman–Crippen LogP) is 4.76. The summed E-state index contributed by atoms with van der Waals surface area (Å²) in [4.78, 5) is 20.7. The monoisotopic (exact) mass is 320 g/mol. The zero-order valence-corrected chi connectivity index (χ0v) is 14.9. The molecule has 4 heteroatoms. The third-order valence-electron chi connectivity index (χ3n) is 5.26. The van der Waals surface area contributed by atoms with Gasteiger partial charge in [0.05, 0.1) is 10.7 Å². The molecule has 1 aliphatic carbocycles. The number of hydrogen-bond donors (Lipinski definition) is 0. The first-order valence-corrected chi connectivity index (χ1v) is 9.68. The highest BCUT2D eigenvalue weighted by molar-refractivity contribution is 7.13. The number of aromatic nitrogens is 1. The number of carbonyl (C=O) groups is 1. The molecule has 2 fully saturated rings. The van der Waals surface area contributed by atoms with Gasteiger partial charge in [-0.05, 0) is 38.5 Å². The van der Waals surface area contributed by atoms with E-state index in [1.165, 1.54) is 44.9 Å². The van der Waals surface area contributed by atoms with Crippen molar-refractivity contribution in [3.05, 3.63) is 15.6 Å². The smallest absolute Gasteiger partial charge is 0.266 e. The Hall–Kier alpha value is -0.900. The van der Waals surface area contributed by atoms with Crippen LogP contribution >= 0.6 is 11.3 Å². The largest absolute Gasteiger partial charge is 0.335 e. The van der Waals surface area contributed by atoms with Gasteiger partial charge in [0, 0.05) is 18.5 Å². The van der Waals surface area contributed by atoms with Crippen molar-refractivity contribution in [2.24, 2.45) is 5.92 Å². The molecular formula is C18H28N2OS. The van der Waals surface area contributed by atoms with Crippen LogP contribution in [0.2, 0.25) is 0 Å². The Morgan fingerprint density at radius 2 is 1.91 bits per heavy atom. The van der Waals surface area contributed by atoms with E-state index in [0.717, 1.165) is 28.0 Å². The molecule has 0 unspecified atom stereocenters. The lowest BCUT2D eigenvalue weighted by atomic mass is 9.83. The Morgan fingerprint density at radius 1 is 1.18 bits per heavy atom. The second kappa shape index (κ2) is 6.69. The van der Waals surface area contributed by atoms with Gasteiger partial charge in [-0.15, -0.1) is 11.3 Å². The van der Waals surface area contributed by atoms with E-state index in [4.69, 9.17) is 0 Å². The number of likely N-dealkylation sites (tertiary alicyclic amines) is 1. The van der Waals surface area contributed by atoms with Crippen molar-refractivity contribution in [2.75, 3.05) is 6.54 Å². The van der Waals surface area contributed by atoms with Crippen molar-refractivity contribution in [3.63, 3.8) is 0 Å². The normalized spacial score (nSPS) is 23.5. The third-order valence-corrected chi connectivity index (χ3v) is 6.70. The van der Waals surface area contributed by atoms with Gasteiger partial charge in [-0.1, -0.05) is 33.1 Å². The van der Waals surface area contributed by atoms with Crippen molar-refractivity contribution in [1.82, 2.24) is 9.88 Å². The van der Waals surface area contributed by atoms with E-state index in [2.05, 4.69) is 23.7 Å². The van der Waals surface area contributed by atoms with Crippen molar-refractivity contribution < 1.29 is 4.79 Å². The van der Waals surface area contributed by atoms with Crippen LogP contribution in [0.15, 0.2) is 0 Å². The summed E-state index contributed by atoms with van der Waals surface area (Å²) in [6.07, 6.45) is 9.07. The molecule has 0 aromatic carbocycles. The number of rotatable bonds is 3. The molecule has 22 heavy (non-hydrogen) atoms. The van der Waals surface area contributed by atoms with Gasteiger partial charge >= 0.3 is 0 Å². The molecule has 3 nitrogen and oxygen atoms in total. The lowest BCUT2D eigenvalue weighted by molar-refractivity contribution is 0.0665. The quantitative estimate of drug-likeness (QED) is 0.804. The summed E-state index contributed by atoms with van der Waals surface area (Å²) in [5.41, 5.74) is 0.924. The van der Waals surface area contributed by atoms with Crippen LogP contribution in [0.25, 0.3) is 0 Å². The molecular weight excluding hydrogens is 292 g/mol. The van der Waals surface area contributed by atoms with Crippen molar-refractivity contribution in [3.8, 4) is 0 Å². The maximum Gasteiger partial charge on any atom is 0.266 e. The highest BCUT2D eigenvalue weighted by atomic mass is 32.1. The summed E-state index contributed by atoms with van der Waals surface area (Å²) in [5, 5.41) is 1.09. The number of aryl methyl sites for hydroxylation is 1. The topological polar surface area (TPSA) is 33.2 Å². The Morgan fingerprint density at radius 3 is 2.55 bits per heavy atom. The Kier molecular flexibility index (Phi) is 4.86. The second-order valence-electron chi connectivity index (χ2n) is 7.23. The number of thiazole rings is 1. The molecule has 1 aromatic heterocycles. The van der Waals surface area contributed by atoms with E-state index >= 15 is 0 Å². The molecule has 122 valence electrons. The van der Waals surface area contributed by atoms with E-state index in [0.29, 0.717) is 12.0 Å². The fraction of sp³-hybridized carbons (Fsp3) is 0.778. The number of hydrogen-bond acceptors (Lipinski definition) is 3. The number of carbonyl (C=O) groups excluding carboxylic acids is 1. The van der Waals surface area contributed by atoms with Crippen LogP contribution in [-0.2, 0) is 0 Å². The summed E-state index contributed by atoms with van der Waals surface area (Å²) in [7, 11) is 0. The molecule has 1 aromatic rings. The maximum atomic E-state index is 13.1. The first-order chi connectivity index (χ1) is 10.6. The summed E-state index contributed by atoms with van der Waals surface area (Å²) in [6.45, 7) is 7.22. The van der Waals surface area contributed by atoms with E-state index in [-0.39, 0.29) is 5.91 Å². The average Bonchev–Trinajstić information content (AvgIpc) is 3.14. The van der Waals surface area contributed by atoms with Gasteiger partial charge in [0.25, 0.3) is 5.91 Å². The molecule has 0 spiro atoms. The zero-order valence-electron chi connectivity index (χ0n) is 14.1. The molecule has 0 radical (unpaired) electrons. The highest BCUT2D eigenvalue weighted by Crippen LogP contribution is 2.36. The molecule has 3 rings (SSSR count). The maximum absolute atomic E-state index is 13.1. The Balaban J connectivity index is 1.78. The third kappa shape index (κ3) is 3.08. The number of nitrogens with zero attached hydrogens (tertiary/aromatic N) is 2. The SMILES string of the molecule is Cc1nc(C(C)C)sc1C(=O)N1CCC[C@H]1C1CCCCC1. The average molecular weight is 321 g/mol. The van der Waals surface area contributed by atoms with Crippen LogP contribution in [0.3, 0.4) is 0 Å². The zero-order chi connectivity index (χ0) is 15.7. The molecule has 1 saturated carbocycles. The van der Waals surface area contributed by atoms with Crippen LogP contribution in [0.1, 0.15) is 85.1 Å². The molecule has 2 aliphatic rings. The predicted molar refractivity (Wildman–Crippen MR) is 91.6 cm³/mol. The van der Waals surface area contributed by atoms with E-state index in [9.17, 15) is 4.79 Å². The van der Waals surface area contributed by atoms with Gasteiger partial charge in [0.2, 0.25) is 0 Å². The van der Waals surface area contributed by atoms with Crippen LogP contribution in [0, 0.1) is 12.8 Å². The van der Waals surface area contributed by atoms with Crippen LogP contribution < -0.4 is 0 Å². The first-order valence-electron chi connectivity index (χ1n) is 8.86. The Labute approximate surface area is 138 Å². The van der Waals surface area contributed by atoms with Crippen LogP contribution in [-0.4, -0.2) is 28.4 Å². The van der Waals surface area contributed by atoms with Gasteiger partial charge in [0.15, 0.2) is 0 Å². The van der Waals surface area contributed by atoms with Crippen LogP contribution in [0.5, 0.6) is 0 Å². The van der Waals surface area contributed by atoms with E-state index in [1.807, 2.05) is 6.92 Å². The fourth-order valence-corrected chi connectivity index (χ4v) is 5.07. The summed E-state index contributed by atoms with van der Waals surface area (Å²) >= 11 is 1.61. The minimum atomic E-state index is 0.245. The summed E-state index contributed by atoms with van der Waals surface area (Å²) < 4.78 is 0. The molecule has 0 bridgehead atoms. The van der Waals surface area contributed by atoms with Crippen molar-refractivity contribution in [1.29, 1.82) is 0 Å². The minimum absolute atomic E-state index is 0.245. The molecule has 1 saturated heterocycles. The van der Waals surface area contributed by atoms with Gasteiger partial charge in [-0.3, -0.25) is 4.79 Å². The summed E-state index contributed by atoms with van der Waals surface area (Å²) in [5.74, 6) is 1.38. The van der Waals surface area contributed by atoms with Gasteiger partial charge in [-0.25, -0.2) is 4.98 Å². The first kappa shape index (κ1) is 16.0. The minimum Gasteiger partial charge on any atom is -0.335 e. The number of amides is 1. The standard InChI is InChI=1S/C18H28N2OS/c1-12(2)17-19-13(3)16(22-17)18(21)20-11-7-10-15(20)14-8-5-4-6-9-14/h12,14-15H,4-11H2,1-3H3/t15-/m0/s1. The van der Waals surface area contributed by atoms with Gasteiger partial charge < -0.3 is 4.90 Å². The Bertz CT molecular complexity index is 531. The molecule has 0 N–H and O–H groups in total.